The molecule has 1 unspecified atom stereocenters. The van der Waals surface area contributed by atoms with Gasteiger partial charge < -0.3 is 10.2 Å². The van der Waals surface area contributed by atoms with Crippen LogP contribution in [0.2, 0.25) is 15.1 Å². The van der Waals surface area contributed by atoms with Gasteiger partial charge in [-0.25, -0.2) is 0 Å². The zero-order valence-corrected chi connectivity index (χ0v) is 12.8. The van der Waals surface area contributed by atoms with Crippen molar-refractivity contribution in [2.45, 2.75) is 25.8 Å². The molecular formula is C13H15Cl3N2O. The normalized spacial score (nSPS) is 19.3. The standard InChI is InChI=1S/C13H15Cl3N2O/c1-2-4-17-11-3-5-18(13(11)19)12-9(15)6-8(14)7-10(12)16/h6-7,11,17H,2-5H2,1H3. The van der Waals surface area contributed by atoms with Crippen LogP contribution < -0.4 is 10.2 Å². The van der Waals surface area contributed by atoms with Gasteiger partial charge in [0.2, 0.25) is 5.91 Å². The average Bonchev–Trinajstić information content (AvgIpc) is 2.68. The lowest BCUT2D eigenvalue weighted by Crippen LogP contribution is -2.38. The van der Waals surface area contributed by atoms with Crippen LogP contribution in [0.4, 0.5) is 5.69 Å². The van der Waals surface area contributed by atoms with Gasteiger partial charge in [0.05, 0.1) is 21.8 Å². The second-order valence-electron chi connectivity index (χ2n) is 4.50. The number of rotatable bonds is 4. The summed E-state index contributed by atoms with van der Waals surface area (Å²) in [6.07, 6.45) is 1.75. The van der Waals surface area contributed by atoms with Crippen LogP contribution in [0.15, 0.2) is 12.1 Å². The van der Waals surface area contributed by atoms with Gasteiger partial charge in [-0.15, -0.1) is 0 Å². The Morgan fingerprint density at radius 1 is 1.32 bits per heavy atom. The summed E-state index contributed by atoms with van der Waals surface area (Å²) in [6, 6.07) is 3.05. The molecule has 1 aromatic rings. The van der Waals surface area contributed by atoms with Crippen molar-refractivity contribution in [3.05, 3.63) is 27.2 Å². The molecule has 0 aromatic heterocycles. The van der Waals surface area contributed by atoms with Crippen molar-refractivity contribution in [1.29, 1.82) is 0 Å². The molecule has 0 spiro atoms. The lowest BCUT2D eigenvalue weighted by molar-refractivity contribution is -0.118. The smallest absolute Gasteiger partial charge is 0.244 e. The van der Waals surface area contributed by atoms with Crippen molar-refractivity contribution in [2.75, 3.05) is 18.0 Å². The van der Waals surface area contributed by atoms with Crippen LogP contribution >= 0.6 is 34.8 Å². The molecule has 1 atom stereocenters. The molecule has 1 aromatic carbocycles. The highest BCUT2D eigenvalue weighted by atomic mass is 35.5. The van der Waals surface area contributed by atoms with Gasteiger partial charge in [-0.1, -0.05) is 41.7 Å². The van der Waals surface area contributed by atoms with Crippen molar-refractivity contribution in [2.24, 2.45) is 0 Å². The molecule has 1 amide bonds. The summed E-state index contributed by atoms with van der Waals surface area (Å²) in [5.41, 5.74) is 0.554. The number of nitrogens with one attached hydrogen (secondary N) is 1. The summed E-state index contributed by atoms with van der Waals surface area (Å²) in [4.78, 5) is 13.9. The Bertz CT molecular complexity index is 470. The van der Waals surface area contributed by atoms with Crippen LogP contribution in [0.5, 0.6) is 0 Å². The number of hydrogen-bond donors (Lipinski definition) is 1. The molecule has 1 heterocycles. The Hall–Kier alpha value is -0.480. The van der Waals surface area contributed by atoms with Gasteiger partial charge in [-0.05, 0) is 31.5 Å². The number of amides is 1. The Morgan fingerprint density at radius 2 is 1.95 bits per heavy atom. The fourth-order valence-corrected chi connectivity index (χ4v) is 3.22. The first-order valence-corrected chi connectivity index (χ1v) is 7.37. The number of benzene rings is 1. The van der Waals surface area contributed by atoms with Gasteiger partial charge >= 0.3 is 0 Å². The minimum atomic E-state index is -0.150. The minimum Gasteiger partial charge on any atom is -0.308 e. The first kappa shape index (κ1) is 14.9. The van der Waals surface area contributed by atoms with E-state index >= 15 is 0 Å². The van der Waals surface area contributed by atoms with E-state index in [-0.39, 0.29) is 11.9 Å². The van der Waals surface area contributed by atoms with Crippen molar-refractivity contribution in [1.82, 2.24) is 5.32 Å². The van der Waals surface area contributed by atoms with Gasteiger partial charge in [0.15, 0.2) is 0 Å². The van der Waals surface area contributed by atoms with Crippen LogP contribution in [0.25, 0.3) is 0 Å². The van der Waals surface area contributed by atoms with E-state index in [2.05, 4.69) is 12.2 Å². The Kier molecular flexibility index (Phi) is 4.96. The van der Waals surface area contributed by atoms with E-state index in [0.29, 0.717) is 27.3 Å². The summed E-state index contributed by atoms with van der Waals surface area (Å²) in [5.74, 6) is 0.0135. The molecule has 104 valence electrons. The Labute approximate surface area is 127 Å². The monoisotopic (exact) mass is 320 g/mol. The van der Waals surface area contributed by atoms with Gasteiger partial charge in [0.25, 0.3) is 0 Å². The maximum atomic E-state index is 12.3. The summed E-state index contributed by atoms with van der Waals surface area (Å²) >= 11 is 18.2. The first-order chi connectivity index (χ1) is 9.04. The molecule has 1 fully saturated rings. The molecule has 1 aliphatic rings. The lowest BCUT2D eigenvalue weighted by Gasteiger charge is -2.20. The highest BCUT2D eigenvalue weighted by Crippen LogP contribution is 2.38. The highest BCUT2D eigenvalue weighted by molar-refractivity contribution is 6.42. The number of hydrogen-bond acceptors (Lipinski definition) is 2. The molecule has 1 N–H and O–H groups in total. The number of carbonyl (C=O) groups is 1. The van der Waals surface area contributed by atoms with Crippen LogP contribution in [-0.4, -0.2) is 25.0 Å². The van der Waals surface area contributed by atoms with Crippen molar-refractivity contribution < 1.29 is 4.79 Å². The molecule has 1 aliphatic heterocycles. The molecule has 0 radical (unpaired) electrons. The molecule has 19 heavy (non-hydrogen) atoms. The number of anilines is 1. The SMILES string of the molecule is CCCNC1CCN(c2c(Cl)cc(Cl)cc2Cl)C1=O. The molecule has 3 nitrogen and oxygen atoms in total. The first-order valence-electron chi connectivity index (χ1n) is 6.24. The second-order valence-corrected chi connectivity index (χ2v) is 5.75. The fourth-order valence-electron chi connectivity index (χ4n) is 2.20. The third-order valence-electron chi connectivity index (χ3n) is 3.10. The van der Waals surface area contributed by atoms with Gasteiger partial charge in [-0.3, -0.25) is 4.79 Å². The fraction of sp³-hybridized carbons (Fsp3) is 0.462. The zero-order valence-electron chi connectivity index (χ0n) is 10.5. The highest BCUT2D eigenvalue weighted by Gasteiger charge is 2.34. The third-order valence-corrected chi connectivity index (χ3v) is 3.89. The summed E-state index contributed by atoms with van der Waals surface area (Å²) in [5, 5.41) is 4.50. The second kappa shape index (κ2) is 6.31. The largest absolute Gasteiger partial charge is 0.308 e. The molecule has 6 heteroatoms. The maximum absolute atomic E-state index is 12.3. The number of carbonyl (C=O) groups excluding carboxylic acids is 1. The molecule has 0 bridgehead atoms. The van der Waals surface area contributed by atoms with Crippen molar-refractivity contribution in [3.63, 3.8) is 0 Å². The van der Waals surface area contributed by atoms with Crippen LogP contribution in [0.3, 0.4) is 0 Å². The van der Waals surface area contributed by atoms with E-state index < -0.39 is 0 Å². The summed E-state index contributed by atoms with van der Waals surface area (Å²) in [7, 11) is 0. The summed E-state index contributed by atoms with van der Waals surface area (Å²) in [6.45, 7) is 3.50. The van der Waals surface area contributed by atoms with Gasteiger partial charge in [-0.2, -0.15) is 0 Å². The summed E-state index contributed by atoms with van der Waals surface area (Å²) < 4.78 is 0. The van der Waals surface area contributed by atoms with Crippen LogP contribution in [0, 0.1) is 0 Å². The predicted molar refractivity (Wildman–Crippen MR) is 80.5 cm³/mol. The predicted octanol–water partition coefficient (Wildman–Crippen LogP) is 3.75. The maximum Gasteiger partial charge on any atom is 0.244 e. The molecule has 2 rings (SSSR count). The third kappa shape index (κ3) is 3.16. The van der Waals surface area contributed by atoms with Gasteiger partial charge in [0, 0.05) is 11.6 Å². The van der Waals surface area contributed by atoms with E-state index in [4.69, 9.17) is 34.8 Å². The average molecular weight is 322 g/mol. The molecule has 0 saturated carbocycles. The van der Waals surface area contributed by atoms with E-state index in [1.54, 1.807) is 17.0 Å². The zero-order chi connectivity index (χ0) is 14.0. The van der Waals surface area contributed by atoms with Crippen molar-refractivity contribution >= 4 is 46.4 Å². The molecular weight excluding hydrogens is 307 g/mol. The number of nitrogens with zero attached hydrogens (tertiary/aromatic N) is 1. The van der Waals surface area contributed by atoms with Gasteiger partial charge in [0.1, 0.15) is 0 Å². The van der Waals surface area contributed by atoms with E-state index in [9.17, 15) is 4.79 Å². The quantitative estimate of drug-likeness (QED) is 0.916. The topological polar surface area (TPSA) is 32.3 Å². The Morgan fingerprint density at radius 3 is 2.53 bits per heavy atom. The molecule has 0 aliphatic carbocycles. The Balaban J connectivity index is 2.22. The van der Waals surface area contributed by atoms with E-state index in [1.165, 1.54) is 0 Å². The van der Waals surface area contributed by atoms with Crippen molar-refractivity contribution in [3.8, 4) is 0 Å². The van der Waals surface area contributed by atoms with Crippen LogP contribution in [-0.2, 0) is 4.79 Å². The molecule has 1 saturated heterocycles. The van der Waals surface area contributed by atoms with Crippen LogP contribution in [0.1, 0.15) is 19.8 Å². The number of halogens is 3. The lowest BCUT2D eigenvalue weighted by atomic mass is 10.2. The van der Waals surface area contributed by atoms with E-state index in [0.717, 1.165) is 19.4 Å². The van der Waals surface area contributed by atoms with E-state index in [1.807, 2.05) is 0 Å². The minimum absolute atomic E-state index is 0.0135.